The lowest BCUT2D eigenvalue weighted by atomic mass is 10.1. The monoisotopic (exact) mass is 364 g/mol. The maximum Gasteiger partial charge on any atom is 0.265 e. The minimum absolute atomic E-state index is 0.118. The lowest BCUT2D eigenvalue weighted by molar-refractivity contribution is -0.122. The van der Waals surface area contributed by atoms with Crippen LogP contribution >= 0.6 is 23.2 Å². The van der Waals surface area contributed by atoms with E-state index in [0.717, 1.165) is 0 Å². The third kappa shape index (κ3) is 3.63. The zero-order chi connectivity index (χ0) is 17.3. The highest BCUT2D eigenvalue weighted by Gasteiger charge is 2.23. The van der Waals surface area contributed by atoms with Crippen molar-refractivity contribution in [2.24, 2.45) is 0 Å². The molecule has 1 aliphatic heterocycles. The predicted molar refractivity (Wildman–Crippen MR) is 94.0 cm³/mol. The van der Waals surface area contributed by atoms with Crippen molar-refractivity contribution in [3.63, 3.8) is 0 Å². The Bertz CT molecular complexity index is 823. The zero-order valence-electron chi connectivity index (χ0n) is 12.7. The van der Waals surface area contributed by atoms with Gasteiger partial charge in [-0.2, -0.15) is 0 Å². The molecule has 2 amide bonds. The van der Waals surface area contributed by atoms with Gasteiger partial charge in [0.2, 0.25) is 5.91 Å². The van der Waals surface area contributed by atoms with Crippen LogP contribution in [0.5, 0.6) is 5.75 Å². The number of anilines is 2. The summed E-state index contributed by atoms with van der Waals surface area (Å²) >= 11 is 11.9. The molecule has 0 radical (unpaired) electrons. The fraction of sp³-hybridized carbons (Fsp3) is 0.176. The maximum absolute atomic E-state index is 12.2. The lowest BCUT2D eigenvalue weighted by Crippen LogP contribution is -2.34. The Morgan fingerprint density at radius 2 is 2.04 bits per heavy atom. The van der Waals surface area contributed by atoms with Crippen LogP contribution in [-0.2, 0) is 16.0 Å². The largest absolute Gasteiger partial charge is 0.479 e. The van der Waals surface area contributed by atoms with E-state index in [1.54, 1.807) is 43.3 Å². The van der Waals surface area contributed by atoms with Gasteiger partial charge in [0.1, 0.15) is 5.75 Å². The molecule has 7 heteroatoms. The molecule has 1 heterocycles. The topological polar surface area (TPSA) is 67.4 Å². The van der Waals surface area contributed by atoms with Crippen LogP contribution < -0.4 is 15.4 Å². The van der Waals surface area contributed by atoms with Gasteiger partial charge in [0.05, 0.1) is 12.1 Å². The zero-order valence-corrected chi connectivity index (χ0v) is 14.2. The van der Waals surface area contributed by atoms with E-state index in [1.807, 2.05) is 0 Å². The van der Waals surface area contributed by atoms with E-state index in [9.17, 15) is 9.59 Å². The van der Waals surface area contributed by atoms with Crippen LogP contribution in [0.1, 0.15) is 12.5 Å². The van der Waals surface area contributed by atoms with Gasteiger partial charge in [0.25, 0.3) is 5.91 Å². The van der Waals surface area contributed by atoms with Gasteiger partial charge in [0, 0.05) is 15.7 Å². The molecular formula is C17H14Cl2N2O3. The molecule has 5 nitrogen and oxygen atoms in total. The Balaban J connectivity index is 1.71. The molecule has 24 heavy (non-hydrogen) atoms. The smallest absolute Gasteiger partial charge is 0.265 e. The number of fused-ring (bicyclic) bond motifs is 1. The van der Waals surface area contributed by atoms with Crippen molar-refractivity contribution in [1.29, 1.82) is 0 Å². The Kier molecular flexibility index (Phi) is 4.64. The van der Waals surface area contributed by atoms with Crippen molar-refractivity contribution < 1.29 is 14.3 Å². The predicted octanol–water partition coefficient (Wildman–Crippen LogP) is 3.89. The number of halogens is 2. The summed E-state index contributed by atoms with van der Waals surface area (Å²) in [6.07, 6.45) is -0.419. The molecule has 2 aromatic carbocycles. The third-order valence-electron chi connectivity index (χ3n) is 3.56. The fourth-order valence-corrected chi connectivity index (χ4v) is 2.81. The second-order valence-electron chi connectivity index (χ2n) is 5.42. The number of carbonyl (C=O) groups excluding carboxylic acids is 2. The molecule has 0 saturated carbocycles. The SMILES string of the molecule is C[C@@H]1Oc2ccc(NC(=O)Cc3ccc(Cl)cc3Cl)cc2NC1=O. The van der Waals surface area contributed by atoms with Gasteiger partial charge in [-0.15, -0.1) is 0 Å². The first-order valence-corrected chi connectivity index (χ1v) is 8.03. The van der Waals surface area contributed by atoms with Crippen molar-refractivity contribution >= 4 is 46.4 Å². The van der Waals surface area contributed by atoms with Crippen molar-refractivity contribution in [1.82, 2.24) is 0 Å². The molecule has 1 aliphatic rings. The summed E-state index contributed by atoms with van der Waals surface area (Å²) < 4.78 is 5.47. The minimum Gasteiger partial charge on any atom is -0.479 e. The number of hydrogen-bond donors (Lipinski definition) is 2. The van der Waals surface area contributed by atoms with E-state index in [4.69, 9.17) is 27.9 Å². The molecular weight excluding hydrogens is 351 g/mol. The molecule has 2 N–H and O–H groups in total. The van der Waals surface area contributed by atoms with Crippen molar-refractivity contribution in [3.05, 3.63) is 52.0 Å². The van der Waals surface area contributed by atoms with Gasteiger partial charge < -0.3 is 15.4 Å². The van der Waals surface area contributed by atoms with E-state index >= 15 is 0 Å². The van der Waals surface area contributed by atoms with E-state index < -0.39 is 6.10 Å². The summed E-state index contributed by atoms with van der Waals surface area (Å²) in [7, 11) is 0. The molecule has 1 atom stereocenters. The Morgan fingerprint density at radius 3 is 2.79 bits per heavy atom. The second kappa shape index (κ2) is 6.71. The third-order valence-corrected chi connectivity index (χ3v) is 4.15. The first-order valence-electron chi connectivity index (χ1n) is 7.28. The van der Waals surface area contributed by atoms with Crippen LogP contribution in [0.15, 0.2) is 36.4 Å². The first kappa shape index (κ1) is 16.6. The molecule has 0 spiro atoms. The molecule has 0 fully saturated rings. The quantitative estimate of drug-likeness (QED) is 0.867. The Labute approximate surface area is 148 Å². The van der Waals surface area contributed by atoms with Crippen LogP contribution in [0.2, 0.25) is 10.0 Å². The average molecular weight is 365 g/mol. The van der Waals surface area contributed by atoms with Crippen molar-refractivity contribution in [2.75, 3.05) is 10.6 Å². The molecule has 2 aromatic rings. The lowest BCUT2D eigenvalue weighted by Gasteiger charge is -2.23. The number of amides is 2. The normalized spacial score (nSPS) is 16.0. The average Bonchev–Trinajstić information content (AvgIpc) is 2.51. The highest BCUT2D eigenvalue weighted by molar-refractivity contribution is 6.35. The molecule has 0 bridgehead atoms. The number of benzene rings is 2. The van der Waals surface area contributed by atoms with Crippen LogP contribution in [0.3, 0.4) is 0 Å². The molecule has 0 aliphatic carbocycles. The number of nitrogens with one attached hydrogen (secondary N) is 2. The first-order chi connectivity index (χ1) is 11.4. The van der Waals surface area contributed by atoms with E-state index in [1.165, 1.54) is 0 Å². The number of ether oxygens (including phenoxy) is 1. The molecule has 0 saturated heterocycles. The van der Waals surface area contributed by atoms with E-state index in [-0.39, 0.29) is 18.2 Å². The standard InChI is InChI=1S/C17H14Cl2N2O3/c1-9-17(23)21-14-8-12(4-5-15(14)24-9)20-16(22)6-10-2-3-11(18)7-13(10)19/h2-5,7-9H,6H2,1H3,(H,20,22)(H,21,23)/t9-/m0/s1. The summed E-state index contributed by atoms with van der Waals surface area (Å²) in [4.78, 5) is 23.8. The van der Waals surface area contributed by atoms with E-state index in [2.05, 4.69) is 10.6 Å². The highest BCUT2D eigenvalue weighted by Crippen LogP contribution is 2.32. The van der Waals surface area contributed by atoms with Crippen LogP contribution in [0.25, 0.3) is 0 Å². The van der Waals surface area contributed by atoms with Gasteiger partial charge in [-0.25, -0.2) is 0 Å². The summed E-state index contributed by atoms with van der Waals surface area (Å²) in [5.74, 6) is 0.121. The van der Waals surface area contributed by atoms with Gasteiger partial charge in [0.15, 0.2) is 6.10 Å². The number of rotatable bonds is 3. The van der Waals surface area contributed by atoms with Gasteiger partial charge in [-0.05, 0) is 42.8 Å². The summed E-state index contributed by atoms with van der Waals surface area (Å²) in [6, 6.07) is 10.1. The molecule has 3 rings (SSSR count). The molecule has 124 valence electrons. The Hall–Kier alpha value is -2.24. The van der Waals surface area contributed by atoms with Crippen molar-refractivity contribution in [3.8, 4) is 5.75 Å². The molecule has 0 aromatic heterocycles. The summed E-state index contributed by atoms with van der Waals surface area (Å²) in [5.41, 5.74) is 1.77. The van der Waals surface area contributed by atoms with Crippen LogP contribution in [-0.4, -0.2) is 17.9 Å². The number of hydrogen-bond acceptors (Lipinski definition) is 3. The maximum atomic E-state index is 12.2. The van der Waals surface area contributed by atoms with Gasteiger partial charge >= 0.3 is 0 Å². The van der Waals surface area contributed by atoms with Crippen molar-refractivity contribution in [2.45, 2.75) is 19.4 Å². The second-order valence-corrected chi connectivity index (χ2v) is 6.26. The van der Waals surface area contributed by atoms with Gasteiger partial charge in [-0.1, -0.05) is 29.3 Å². The van der Waals surface area contributed by atoms with Gasteiger partial charge in [-0.3, -0.25) is 9.59 Å². The summed E-state index contributed by atoms with van der Waals surface area (Å²) in [5, 5.41) is 6.47. The highest BCUT2D eigenvalue weighted by atomic mass is 35.5. The van der Waals surface area contributed by atoms with E-state index in [0.29, 0.717) is 32.7 Å². The van der Waals surface area contributed by atoms with Crippen LogP contribution in [0, 0.1) is 0 Å². The molecule has 0 unspecified atom stereocenters. The van der Waals surface area contributed by atoms with Crippen LogP contribution in [0.4, 0.5) is 11.4 Å². The Morgan fingerprint density at radius 1 is 1.25 bits per heavy atom. The number of carbonyl (C=O) groups is 2. The summed E-state index contributed by atoms with van der Waals surface area (Å²) in [6.45, 7) is 1.67. The minimum atomic E-state index is -0.537. The fourth-order valence-electron chi connectivity index (χ4n) is 2.33.